The molecule has 8 heteroatoms. The quantitative estimate of drug-likeness (QED) is 0.232. The van der Waals surface area contributed by atoms with Crippen LogP contribution in [-0.4, -0.2) is 31.6 Å². The molecule has 30 heavy (non-hydrogen) atoms. The van der Waals surface area contributed by atoms with E-state index >= 15 is 0 Å². The molecule has 0 unspecified atom stereocenters. The molecule has 156 valence electrons. The van der Waals surface area contributed by atoms with Crippen LogP contribution in [0.1, 0.15) is 17.5 Å². The Morgan fingerprint density at radius 3 is 2.63 bits per heavy atom. The van der Waals surface area contributed by atoms with E-state index in [9.17, 15) is 8.42 Å². The van der Waals surface area contributed by atoms with Crippen LogP contribution >= 0.6 is 0 Å². The van der Waals surface area contributed by atoms with E-state index in [1.165, 1.54) is 0 Å². The fraction of sp³-hybridized carbons (Fsp3) is 0.182. The zero-order chi connectivity index (χ0) is 21.2. The molecule has 0 bridgehead atoms. The smallest absolute Gasteiger partial charge is 0.178 e. The number of ether oxygens (including phenoxy) is 1. The monoisotopic (exact) mass is 425 g/mol. The predicted octanol–water partition coefficient (Wildman–Crippen LogP) is 3.16. The van der Waals surface area contributed by atoms with Gasteiger partial charge >= 0.3 is 0 Å². The summed E-state index contributed by atoms with van der Waals surface area (Å²) in [7, 11) is -3.33. The highest BCUT2D eigenvalue weighted by Gasteiger charge is 2.13. The second-order valence-corrected chi connectivity index (χ2v) is 8.58. The summed E-state index contributed by atoms with van der Waals surface area (Å²) in [4.78, 5) is 9.55. The van der Waals surface area contributed by atoms with Crippen molar-refractivity contribution in [3.63, 3.8) is 0 Å². The van der Waals surface area contributed by atoms with Crippen LogP contribution in [-0.2, 0) is 21.3 Å². The van der Waals surface area contributed by atoms with Crippen LogP contribution < -0.4 is 10.5 Å². The van der Waals surface area contributed by atoms with E-state index in [4.69, 9.17) is 15.3 Å². The molecule has 1 heterocycles. The van der Waals surface area contributed by atoms with Gasteiger partial charge in [0, 0.05) is 23.5 Å². The van der Waals surface area contributed by atoms with Gasteiger partial charge in [-0.3, -0.25) is 4.98 Å². The molecule has 0 aliphatic rings. The van der Waals surface area contributed by atoms with Crippen molar-refractivity contribution in [2.45, 2.75) is 17.9 Å². The molecule has 1 aromatic heterocycles. The number of hydrogen-bond acceptors (Lipinski definition) is 6. The highest BCUT2D eigenvalue weighted by Crippen LogP contribution is 2.15. The normalized spacial score (nSPS) is 11.8. The van der Waals surface area contributed by atoms with Gasteiger partial charge in [-0.25, -0.2) is 8.42 Å². The first-order valence-electron chi connectivity index (χ1n) is 9.40. The average Bonchev–Trinajstić information content (AvgIpc) is 2.79. The fourth-order valence-corrected chi connectivity index (χ4v) is 3.93. The van der Waals surface area contributed by atoms with E-state index in [-0.39, 0.29) is 18.2 Å². The summed E-state index contributed by atoms with van der Waals surface area (Å²) in [5, 5.41) is 3.88. The van der Waals surface area contributed by atoms with Gasteiger partial charge in [0.15, 0.2) is 15.7 Å². The van der Waals surface area contributed by atoms with Gasteiger partial charge in [-0.2, -0.15) is 0 Å². The van der Waals surface area contributed by atoms with Gasteiger partial charge in [-0.15, -0.1) is 0 Å². The minimum absolute atomic E-state index is 0.0237. The number of rotatable bonds is 10. The number of sulfone groups is 1. The summed E-state index contributed by atoms with van der Waals surface area (Å²) < 4.78 is 30.2. The summed E-state index contributed by atoms with van der Waals surface area (Å²) in [6.07, 6.45) is 3.76. The standard InChI is InChI=1S/C22H23N3O4S/c23-22(25-29-13-6-14-30(26,27)21-10-2-1-3-11-21)19-8-4-9-20(15-19)28-17-18-7-5-12-24-16-18/h1-5,7-12,15-16H,6,13-14,17H2,(H2,23,25). The van der Waals surface area contributed by atoms with Crippen molar-refractivity contribution in [1.29, 1.82) is 0 Å². The molecule has 3 rings (SSSR count). The van der Waals surface area contributed by atoms with E-state index in [0.29, 0.717) is 29.2 Å². The van der Waals surface area contributed by atoms with Gasteiger partial charge in [0.1, 0.15) is 19.0 Å². The Balaban J connectivity index is 1.48. The molecule has 0 saturated carbocycles. The second-order valence-electron chi connectivity index (χ2n) is 6.47. The van der Waals surface area contributed by atoms with Crippen molar-refractivity contribution < 1.29 is 18.0 Å². The van der Waals surface area contributed by atoms with Gasteiger partial charge in [-0.05, 0) is 36.8 Å². The molecule has 7 nitrogen and oxygen atoms in total. The first kappa shape index (κ1) is 21.3. The number of pyridine rings is 1. The molecule has 0 fully saturated rings. The van der Waals surface area contributed by atoms with Crippen LogP contribution in [0.2, 0.25) is 0 Å². The molecule has 0 amide bonds. The third kappa shape index (κ3) is 6.31. The number of nitrogens with two attached hydrogens (primary N) is 1. The van der Waals surface area contributed by atoms with E-state index < -0.39 is 9.84 Å². The third-order valence-corrected chi connectivity index (χ3v) is 5.99. The molecular formula is C22H23N3O4S. The van der Waals surface area contributed by atoms with Gasteiger partial charge < -0.3 is 15.3 Å². The molecule has 0 saturated heterocycles. The van der Waals surface area contributed by atoms with Gasteiger partial charge in [0.25, 0.3) is 0 Å². The first-order chi connectivity index (χ1) is 14.5. The van der Waals surface area contributed by atoms with Crippen molar-refractivity contribution in [3.8, 4) is 5.75 Å². The van der Waals surface area contributed by atoms with E-state index in [2.05, 4.69) is 10.1 Å². The molecule has 0 aliphatic heterocycles. The molecule has 2 N–H and O–H groups in total. The maximum atomic E-state index is 12.2. The summed E-state index contributed by atoms with van der Waals surface area (Å²) in [6.45, 7) is 0.532. The highest BCUT2D eigenvalue weighted by molar-refractivity contribution is 7.91. The Morgan fingerprint density at radius 1 is 1.03 bits per heavy atom. The van der Waals surface area contributed by atoms with Gasteiger partial charge in [0.2, 0.25) is 0 Å². The lowest BCUT2D eigenvalue weighted by atomic mass is 10.2. The minimum atomic E-state index is -3.33. The molecule has 3 aromatic rings. The third-order valence-electron chi connectivity index (χ3n) is 4.17. The SMILES string of the molecule is N/C(=N/OCCCS(=O)(=O)c1ccccc1)c1cccc(OCc2cccnc2)c1. The summed E-state index contributed by atoms with van der Waals surface area (Å²) in [5.74, 6) is 0.806. The predicted molar refractivity (Wildman–Crippen MR) is 115 cm³/mol. The first-order valence-corrected chi connectivity index (χ1v) is 11.1. The minimum Gasteiger partial charge on any atom is -0.489 e. The lowest BCUT2D eigenvalue weighted by Crippen LogP contribution is -2.15. The van der Waals surface area contributed by atoms with Crippen LogP contribution in [0.3, 0.4) is 0 Å². The lowest BCUT2D eigenvalue weighted by Gasteiger charge is -2.08. The number of benzene rings is 2. The van der Waals surface area contributed by atoms with Crippen LogP contribution in [0.5, 0.6) is 5.75 Å². The maximum Gasteiger partial charge on any atom is 0.178 e. The lowest BCUT2D eigenvalue weighted by molar-refractivity contribution is 0.145. The maximum absolute atomic E-state index is 12.2. The Morgan fingerprint density at radius 2 is 1.87 bits per heavy atom. The Kier molecular flexibility index (Phi) is 7.40. The number of aromatic nitrogens is 1. The average molecular weight is 426 g/mol. The summed E-state index contributed by atoms with van der Waals surface area (Å²) >= 11 is 0. The van der Waals surface area contributed by atoms with Crippen molar-refractivity contribution in [2.75, 3.05) is 12.4 Å². The number of amidine groups is 1. The van der Waals surface area contributed by atoms with Crippen molar-refractivity contribution in [3.05, 3.63) is 90.3 Å². The molecule has 0 radical (unpaired) electrons. The zero-order valence-electron chi connectivity index (χ0n) is 16.3. The van der Waals surface area contributed by atoms with Crippen LogP contribution in [0.4, 0.5) is 0 Å². The van der Waals surface area contributed by atoms with Crippen molar-refractivity contribution in [2.24, 2.45) is 10.9 Å². The van der Waals surface area contributed by atoms with Crippen LogP contribution in [0.25, 0.3) is 0 Å². The van der Waals surface area contributed by atoms with Gasteiger partial charge in [-0.1, -0.05) is 41.6 Å². The topological polar surface area (TPSA) is 104 Å². The molecule has 0 aliphatic carbocycles. The van der Waals surface area contributed by atoms with E-state index in [0.717, 1.165) is 5.56 Å². The Hall–Kier alpha value is -3.39. The Bertz CT molecular complexity index is 1070. The summed E-state index contributed by atoms with van der Waals surface area (Å²) in [6, 6.07) is 19.3. The van der Waals surface area contributed by atoms with Crippen LogP contribution in [0, 0.1) is 0 Å². The van der Waals surface area contributed by atoms with Crippen LogP contribution in [0.15, 0.2) is 89.2 Å². The number of oxime groups is 1. The molecular weight excluding hydrogens is 402 g/mol. The van der Waals surface area contributed by atoms with E-state index in [1.54, 1.807) is 54.9 Å². The number of hydrogen-bond donors (Lipinski definition) is 1. The molecule has 0 spiro atoms. The number of nitrogens with zero attached hydrogens (tertiary/aromatic N) is 2. The summed E-state index contributed by atoms with van der Waals surface area (Å²) in [5.41, 5.74) is 7.58. The van der Waals surface area contributed by atoms with Crippen molar-refractivity contribution in [1.82, 2.24) is 4.98 Å². The zero-order valence-corrected chi connectivity index (χ0v) is 17.2. The fourth-order valence-electron chi connectivity index (χ4n) is 2.62. The van der Waals surface area contributed by atoms with Crippen molar-refractivity contribution >= 4 is 15.7 Å². The van der Waals surface area contributed by atoms with E-state index in [1.807, 2.05) is 24.3 Å². The largest absolute Gasteiger partial charge is 0.489 e. The molecule has 0 atom stereocenters. The molecule has 2 aromatic carbocycles. The second kappa shape index (κ2) is 10.4. The Labute approximate surface area is 176 Å². The van der Waals surface area contributed by atoms with Gasteiger partial charge in [0.05, 0.1) is 10.6 Å². The highest BCUT2D eigenvalue weighted by atomic mass is 32.2.